The van der Waals surface area contributed by atoms with E-state index in [2.05, 4.69) is 30.0 Å². The second kappa shape index (κ2) is 6.15. The van der Waals surface area contributed by atoms with Gasteiger partial charge in [0.25, 0.3) is 10.0 Å². The second-order valence-electron chi connectivity index (χ2n) is 5.16. The average Bonchev–Trinajstić information content (AvgIpc) is 3.19. The van der Waals surface area contributed by atoms with Gasteiger partial charge in [0, 0.05) is 32.6 Å². The molecule has 1 aliphatic rings. The van der Waals surface area contributed by atoms with Crippen LogP contribution in [0.3, 0.4) is 0 Å². The van der Waals surface area contributed by atoms with Crippen molar-refractivity contribution in [3.63, 3.8) is 0 Å². The Labute approximate surface area is 128 Å². The molecule has 0 aromatic carbocycles. The molecular formula is C12H19N7O2S. The molecule has 0 saturated carbocycles. The predicted octanol–water partition coefficient (Wildman–Crippen LogP) is -0.403. The van der Waals surface area contributed by atoms with E-state index in [1.807, 2.05) is 6.92 Å². The van der Waals surface area contributed by atoms with E-state index in [9.17, 15) is 8.42 Å². The van der Waals surface area contributed by atoms with Gasteiger partial charge in [0.15, 0.2) is 5.03 Å². The van der Waals surface area contributed by atoms with Crippen molar-refractivity contribution >= 4 is 10.0 Å². The van der Waals surface area contributed by atoms with E-state index in [0.29, 0.717) is 45.0 Å². The number of aryl methyl sites for hydroxylation is 1. The number of sulfonamides is 1. The molecule has 0 radical (unpaired) electrons. The Kier molecular flexibility index (Phi) is 4.23. The van der Waals surface area contributed by atoms with Crippen LogP contribution in [0.4, 0.5) is 0 Å². The van der Waals surface area contributed by atoms with Crippen molar-refractivity contribution in [2.75, 3.05) is 26.2 Å². The van der Waals surface area contributed by atoms with Crippen LogP contribution in [0.5, 0.6) is 0 Å². The van der Waals surface area contributed by atoms with Crippen molar-refractivity contribution < 1.29 is 8.42 Å². The van der Waals surface area contributed by atoms with E-state index in [4.69, 9.17) is 0 Å². The van der Waals surface area contributed by atoms with Gasteiger partial charge in [0.1, 0.15) is 18.0 Å². The Balaban J connectivity index is 1.62. The van der Waals surface area contributed by atoms with Crippen molar-refractivity contribution in [3.05, 3.63) is 24.2 Å². The lowest BCUT2D eigenvalue weighted by Gasteiger charge is -2.32. The number of nitrogens with one attached hydrogen (secondary N) is 2. The zero-order valence-electron chi connectivity index (χ0n) is 12.4. The van der Waals surface area contributed by atoms with Gasteiger partial charge in [-0.2, -0.15) is 9.40 Å². The topological polar surface area (TPSA) is 111 Å². The summed E-state index contributed by atoms with van der Waals surface area (Å²) >= 11 is 0. The van der Waals surface area contributed by atoms with Gasteiger partial charge in [0.05, 0.1) is 12.7 Å². The number of imidazole rings is 1. The largest absolute Gasteiger partial charge is 0.332 e. The Morgan fingerprint density at radius 2 is 1.95 bits per heavy atom. The summed E-state index contributed by atoms with van der Waals surface area (Å²) in [5, 5.41) is 6.80. The third kappa shape index (κ3) is 3.03. The van der Waals surface area contributed by atoms with Crippen LogP contribution < -0.4 is 0 Å². The van der Waals surface area contributed by atoms with Crippen LogP contribution in [0.15, 0.2) is 17.6 Å². The first-order chi connectivity index (χ1) is 10.6. The molecule has 0 bridgehead atoms. The number of aromatic nitrogens is 5. The number of aromatic amines is 2. The van der Waals surface area contributed by atoms with Crippen LogP contribution in [0, 0.1) is 0 Å². The fraction of sp³-hybridized carbons (Fsp3) is 0.583. The predicted molar refractivity (Wildman–Crippen MR) is 78.4 cm³/mol. The van der Waals surface area contributed by atoms with Gasteiger partial charge < -0.3 is 4.98 Å². The highest BCUT2D eigenvalue weighted by molar-refractivity contribution is 7.89. The molecule has 0 spiro atoms. The summed E-state index contributed by atoms with van der Waals surface area (Å²) in [5.74, 6) is 1.47. The molecule has 120 valence electrons. The fourth-order valence-corrected chi connectivity index (χ4v) is 3.79. The van der Waals surface area contributed by atoms with E-state index >= 15 is 0 Å². The van der Waals surface area contributed by atoms with Crippen molar-refractivity contribution in [2.24, 2.45) is 0 Å². The smallest absolute Gasteiger partial charge is 0.260 e. The van der Waals surface area contributed by atoms with Crippen molar-refractivity contribution in [1.29, 1.82) is 0 Å². The highest BCUT2D eigenvalue weighted by Gasteiger charge is 2.30. The van der Waals surface area contributed by atoms with Crippen molar-refractivity contribution in [3.8, 4) is 0 Å². The highest BCUT2D eigenvalue weighted by Crippen LogP contribution is 2.16. The minimum atomic E-state index is -3.48. The molecule has 22 heavy (non-hydrogen) atoms. The van der Waals surface area contributed by atoms with Gasteiger partial charge in [-0.3, -0.25) is 10.00 Å². The maximum atomic E-state index is 12.5. The molecule has 2 aromatic heterocycles. The number of rotatable bonds is 5. The normalized spacial score (nSPS) is 17.9. The highest BCUT2D eigenvalue weighted by atomic mass is 32.2. The number of nitrogens with zero attached hydrogens (tertiary/aromatic N) is 5. The Bertz CT molecular complexity index is 702. The molecule has 10 heteroatoms. The molecule has 0 amide bonds. The molecule has 2 N–H and O–H groups in total. The lowest BCUT2D eigenvalue weighted by molar-refractivity contribution is 0.178. The number of H-pyrrole nitrogens is 2. The van der Waals surface area contributed by atoms with Gasteiger partial charge in [-0.25, -0.2) is 18.4 Å². The molecular weight excluding hydrogens is 306 g/mol. The summed E-state index contributed by atoms with van der Waals surface area (Å²) in [6, 6.07) is 0. The molecule has 1 aliphatic heterocycles. The Morgan fingerprint density at radius 1 is 1.18 bits per heavy atom. The van der Waals surface area contributed by atoms with Gasteiger partial charge in [-0.1, -0.05) is 6.92 Å². The zero-order chi connectivity index (χ0) is 15.6. The molecule has 0 aliphatic carbocycles. The first-order valence-electron chi connectivity index (χ1n) is 7.20. The third-order valence-corrected chi connectivity index (χ3v) is 5.54. The molecule has 3 rings (SSSR count). The van der Waals surface area contributed by atoms with E-state index in [-0.39, 0.29) is 5.03 Å². The summed E-state index contributed by atoms with van der Waals surface area (Å²) in [4.78, 5) is 13.2. The minimum absolute atomic E-state index is 0.174. The van der Waals surface area contributed by atoms with Crippen molar-refractivity contribution in [2.45, 2.75) is 24.9 Å². The van der Waals surface area contributed by atoms with E-state index < -0.39 is 10.0 Å². The molecule has 1 saturated heterocycles. The maximum absolute atomic E-state index is 12.5. The number of hydrogen-bond donors (Lipinski definition) is 2. The summed E-state index contributed by atoms with van der Waals surface area (Å²) < 4.78 is 26.6. The second-order valence-corrected chi connectivity index (χ2v) is 7.07. The molecule has 0 atom stereocenters. The number of hydrogen-bond acceptors (Lipinski definition) is 6. The third-order valence-electron chi connectivity index (χ3n) is 3.73. The quantitative estimate of drug-likeness (QED) is 0.773. The van der Waals surface area contributed by atoms with Crippen LogP contribution in [-0.2, 0) is 23.0 Å². The molecule has 0 unspecified atom stereocenters. The van der Waals surface area contributed by atoms with Crippen LogP contribution in [0.2, 0.25) is 0 Å². The first-order valence-corrected chi connectivity index (χ1v) is 8.64. The Hall–Kier alpha value is -1.78. The molecule has 2 aromatic rings. The van der Waals surface area contributed by atoms with Crippen LogP contribution in [-0.4, -0.2) is 69.0 Å². The maximum Gasteiger partial charge on any atom is 0.260 e. The summed E-state index contributed by atoms with van der Waals surface area (Å²) in [6.07, 6.45) is 3.55. The SMILES string of the molecule is CCc1ncc(S(=O)(=O)N2CCN(Cc3ncn[nH]3)CC2)[nH]1. The van der Waals surface area contributed by atoms with Gasteiger partial charge >= 0.3 is 0 Å². The summed E-state index contributed by atoms with van der Waals surface area (Å²) in [6.45, 7) is 4.81. The van der Waals surface area contributed by atoms with Crippen molar-refractivity contribution in [1.82, 2.24) is 34.4 Å². The Morgan fingerprint density at radius 3 is 2.55 bits per heavy atom. The lowest BCUT2D eigenvalue weighted by atomic mass is 10.3. The first kappa shape index (κ1) is 15.1. The van der Waals surface area contributed by atoms with Crippen LogP contribution in [0.1, 0.15) is 18.6 Å². The standard InChI is InChI=1S/C12H19N7O2S/c1-2-10-13-7-12(16-10)22(20,21)19-5-3-18(4-6-19)8-11-14-9-15-17-11/h7,9H,2-6,8H2,1H3,(H,13,16)(H,14,15,17). The fourth-order valence-electron chi connectivity index (χ4n) is 2.44. The van der Waals surface area contributed by atoms with Gasteiger partial charge in [-0.05, 0) is 0 Å². The summed E-state index contributed by atoms with van der Waals surface area (Å²) in [5.41, 5.74) is 0. The van der Waals surface area contributed by atoms with Gasteiger partial charge in [0.2, 0.25) is 0 Å². The molecule has 3 heterocycles. The van der Waals surface area contributed by atoms with E-state index in [1.54, 1.807) is 0 Å². The van der Waals surface area contributed by atoms with E-state index in [0.717, 1.165) is 5.82 Å². The molecule has 1 fully saturated rings. The average molecular weight is 325 g/mol. The summed E-state index contributed by atoms with van der Waals surface area (Å²) in [7, 11) is -3.48. The van der Waals surface area contributed by atoms with Crippen LogP contribution >= 0.6 is 0 Å². The van der Waals surface area contributed by atoms with E-state index in [1.165, 1.54) is 16.8 Å². The van der Waals surface area contributed by atoms with Gasteiger partial charge in [-0.15, -0.1) is 0 Å². The molecule has 9 nitrogen and oxygen atoms in total. The minimum Gasteiger partial charge on any atom is -0.332 e. The van der Waals surface area contributed by atoms with Crippen LogP contribution in [0.25, 0.3) is 0 Å². The lowest BCUT2D eigenvalue weighted by Crippen LogP contribution is -2.48. The zero-order valence-corrected chi connectivity index (χ0v) is 13.2. The number of piperazine rings is 1. The monoisotopic (exact) mass is 325 g/mol.